The Morgan fingerprint density at radius 1 is 1.16 bits per heavy atom. The molecule has 1 aliphatic rings. The SMILES string of the molecule is COCC1(N(C(C)=O)c2ccccc2)CCN(CCc2c[nH]c3ccc(C)cc23)CC1. The summed E-state index contributed by atoms with van der Waals surface area (Å²) in [6.07, 6.45) is 4.98. The van der Waals surface area contributed by atoms with Gasteiger partial charge in [-0.15, -0.1) is 0 Å². The van der Waals surface area contributed by atoms with Crippen LogP contribution in [0.3, 0.4) is 0 Å². The van der Waals surface area contributed by atoms with Crippen LogP contribution in [0.2, 0.25) is 0 Å². The number of aryl methyl sites for hydroxylation is 1. The van der Waals surface area contributed by atoms with Gasteiger partial charge in [0, 0.05) is 56.5 Å². The minimum Gasteiger partial charge on any atom is -0.382 e. The number of hydrogen-bond acceptors (Lipinski definition) is 3. The molecule has 2 heterocycles. The minimum atomic E-state index is -0.295. The summed E-state index contributed by atoms with van der Waals surface area (Å²) >= 11 is 0. The topological polar surface area (TPSA) is 48.6 Å². The van der Waals surface area contributed by atoms with Gasteiger partial charge in [0.05, 0.1) is 12.1 Å². The number of piperidine rings is 1. The molecule has 1 amide bonds. The van der Waals surface area contributed by atoms with E-state index in [2.05, 4.69) is 41.2 Å². The number of carbonyl (C=O) groups is 1. The zero-order valence-electron chi connectivity index (χ0n) is 18.9. The maximum absolute atomic E-state index is 12.7. The molecular formula is C26H33N3O2. The van der Waals surface area contributed by atoms with E-state index in [1.807, 2.05) is 35.2 Å². The number of fused-ring (bicyclic) bond motifs is 1. The average Bonchev–Trinajstić information content (AvgIpc) is 3.16. The number of benzene rings is 2. The van der Waals surface area contributed by atoms with Gasteiger partial charge in [-0.1, -0.05) is 29.8 Å². The van der Waals surface area contributed by atoms with Gasteiger partial charge in [-0.05, 0) is 56.0 Å². The van der Waals surface area contributed by atoms with E-state index in [9.17, 15) is 4.79 Å². The number of nitrogens with zero attached hydrogens (tertiary/aromatic N) is 2. The summed E-state index contributed by atoms with van der Waals surface area (Å²) in [4.78, 5) is 20.6. The van der Waals surface area contributed by atoms with Crippen molar-refractivity contribution < 1.29 is 9.53 Å². The summed E-state index contributed by atoms with van der Waals surface area (Å²) in [5, 5.41) is 1.33. The lowest BCUT2D eigenvalue weighted by Crippen LogP contribution is -2.60. The number of ether oxygens (including phenoxy) is 1. The summed E-state index contributed by atoms with van der Waals surface area (Å²) in [5.41, 5.74) is 4.53. The largest absolute Gasteiger partial charge is 0.382 e. The first-order chi connectivity index (χ1) is 15.0. The monoisotopic (exact) mass is 419 g/mol. The number of carbonyl (C=O) groups excluding carboxylic acids is 1. The Bertz CT molecular complexity index is 1020. The molecule has 0 bridgehead atoms. The molecule has 0 spiro atoms. The molecular weight excluding hydrogens is 386 g/mol. The number of H-pyrrole nitrogens is 1. The van der Waals surface area contributed by atoms with Crippen LogP contribution in [0.15, 0.2) is 54.7 Å². The van der Waals surface area contributed by atoms with Gasteiger partial charge in [0.25, 0.3) is 0 Å². The Labute approximate surface area is 185 Å². The third-order valence-electron chi connectivity index (χ3n) is 6.62. The zero-order chi connectivity index (χ0) is 21.8. The molecule has 5 nitrogen and oxygen atoms in total. The number of aromatic amines is 1. The highest BCUT2D eigenvalue weighted by Gasteiger charge is 2.42. The predicted octanol–water partition coefficient (Wildman–Crippen LogP) is 4.55. The van der Waals surface area contributed by atoms with Gasteiger partial charge in [0.15, 0.2) is 0 Å². The van der Waals surface area contributed by atoms with Crippen molar-refractivity contribution in [3.05, 3.63) is 65.9 Å². The van der Waals surface area contributed by atoms with E-state index in [4.69, 9.17) is 4.74 Å². The average molecular weight is 420 g/mol. The van der Waals surface area contributed by atoms with Crippen molar-refractivity contribution in [2.75, 3.05) is 38.3 Å². The van der Waals surface area contributed by atoms with Gasteiger partial charge in [-0.2, -0.15) is 0 Å². The Morgan fingerprint density at radius 3 is 2.58 bits per heavy atom. The number of methoxy groups -OCH3 is 1. The van der Waals surface area contributed by atoms with Gasteiger partial charge in [0.1, 0.15) is 0 Å². The molecule has 5 heteroatoms. The van der Waals surface area contributed by atoms with E-state index in [-0.39, 0.29) is 11.4 Å². The predicted molar refractivity (Wildman–Crippen MR) is 127 cm³/mol. The van der Waals surface area contributed by atoms with Crippen molar-refractivity contribution in [3.8, 4) is 0 Å². The van der Waals surface area contributed by atoms with Crippen molar-refractivity contribution >= 4 is 22.5 Å². The second-order valence-electron chi connectivity index (χ2n) is 8.80. The van der Waals surface area contributed by atoms with E-state index in [1.54, 1.807) is 14.0 Å². The third-order valence-corrected chi connectivity index (χ3v) is 6.62. The minimum absolute atomic E-state index is 0.0749. The van der Waals surface area contributed by atoms with E-state index < -0.39 is 0 Å². The maximum atomic E-state index is 12.7. The lowest BCUT2D eigenvalue weighted by atomic mass is 9.85. The lowest BCUT2D eigenvalue weighted by Gasteiger charge is -2.48. The highest BCUT2D eigenvalue weighted by atomic mass is 16.5. The number of rotatable bonds is 7. The van der Waals surface area contributed by atoms with E-state index in [0.717, 1.165) is 44.6 Å². The fourth-order valence-electron chi connectivity index (χ4n) is 5.04. The molecule has 0 saturated carbocycles. The highest BCUT2D eigenvalue weighted by molar-refractivity contribution is 5.93. The summed E-state index contributed by atoms with van der Waals surface area (Å²) < 4.78 is 5.63. The van der Waals surface area contributed by atoms with Crippen molar-refractivity contribution in [1.82, 2.24) is 9.88 Å². The molecule has 31 heavy (non-hydrogen) atoms. The van der Waals surface area contributed by atoms with Crippen molar-refractivity contribution in [1.29, 1.82) is 0 Å². The third kappa shape index (κ3) is 4.53. The second kappa shape index (κ2) is 9.25. The van der Waals surface area contributed by atoms with Gasteiger partial charge < -0.3 is 19.5 Å². The Morgan fingerprint density at radius 2 is 1.90 bits per heavy atom. The first-order valence-electron chi connectivity index (χ1n) is 11.2. The van der Waals surface area contributed by atoms with Crippen LogP contribution >= 0.6 is 0 Å². The number of likely N-dealkylation sites (tertiary alicyclic amines) is 1. The van der Waals surface area contributed by atoms with E-state index in [1.165, 1.54) is 22.0 Å². The van der Waals surface area contributed by atoms with E-state index >= 15 is 0 Å². The Kier molecular flexibility index (Phi) is 6.44. The van der Waals surface area contributed by atoms with E-state index in [0.29, 0.717) is 6.61 Å². The molecule has 1 aromatic heterocycles. The summed E-state index contributed by atoms with van der Waals surface area (Å²) in [6.45, 7) is 7.30. The van der Waals surface area contributed by atoms with Gasteiger partial charge in [-0.25, -0.2) is 0 Å². The molecule has 3 aromatic rings. The number of nitrogens with one attached hydrogen (secondary N) is 1. The first-order valence-corrected chi connectivity index (χ1v) is 11.2. The van der Waals surface area contributed by atoms with Crippen molar-refractivity contribution in [2.24, 2.45) is 0 Å². The summed E-state index contributed by atoms with van der Waals surface area (Å²) in [5.74, 6) is 0.0749. The molecule has 0 radical (unpaired) electrons. The molecule has 2 aromatic carbocycles. The quantitative estimate of drug-likeness (QED) is 0.611. The second-order valence-corrected chi connectivity index (χ2v) is 8.80. The Hall–Kier alpha value is -2.63. The van der Waals surface area contributed by atoms with Crippen LogP contribution in [0.4, 0.5) is 5.69 Å². The Balaban J connectivity index is 1.45. The standard InChI is InChI=1S/C26H33N3O2/c1-20-9-10-25-24(17-20)22(18-27-25)11-14-28-15-12-26(13-16-28,19-31-3)29(21(2)30)23-7-5-4-6-8-23/h4-10,17-18,27H,11-16,19H2,1-3H3. The molecule has 1 saturated heterocycles. The van der Waals surface area contributed by atoms with Crippen LogP contribution in [-0.4, -0.2) is 54.7 Å². The van der Waals surface area contributed by atoms with Crippen LogP contribution in [0.5, 0.6) is 0 Å². The molecule has 1 N–H and O–H groups in total. The molecule has 0 atom stereocenters. The van der Waals surface area contributed by atoms with Crippen LogP contribution in [0.25, 0.3) is 10.9 Å². The molecule has 4 rings (SSSR count). The van der Waals surface area contributed by atoms with Crippen molar-refractivity contribution in [2.45, 2.75) is 38.6 Å². The van der Waals surface area contributed by atoms with Gasteiger partial charge in [-0.3, -0.25) is 4.79 Å². The summed E-state index contributed by atoms with van der Waals surface area (Å²) in [6, 6.07) is 16.6. The summed E-state index contributed by atoms with van der Waals surface area (Å²) in [7, 11) is 1.73. The maximum Gasteiger partial charge on any atom is 0.224 e. The normalized spacial score (nSPS) is 16.5. The molecule has 1 aliphatic heterocycles. The highest BCUT2D eigenvalue weighted by Crippen LogP contribution is 2.34. The number of anilines is 1. The fraction of sp³-hybridized carbons (Fsp3) is 0.423. The first kappa shape index (κ1) is 21.6. The number of para-hydroxylation sites is 1. The van der Waals surface area contributed by atoms with Gasteiger partial charge >= 0.3 is 0 Å². The lowest BCUT2D eigenvalue weighted by molar-refractivity contribution is -0.118. The van der Waals surface area contributed by atoms with Crippen LogP contribution in [0, 0.1) is 6.92 Å². The molecule has 0 aliphatic carbocycles. The number of aromatic nitrogens is 1. The van der Waals surface area contributed by atoms with Crippen molar-refractivity contribution in [3.63, 3.8) is 0 Å². The zero-order valence-corrected chi connectivity index (χ0v) is 18.9. The van der Waals surface area contributed by atoms with Crippen LogP contribution in [-0.2, 0) is 16.0 Å². The smallest absolute Gasteiger partial charge is 0.224 e. The fourth-order valence-corrected chi connectivity index (χ4v) is 5.04. The number of amides is 1. The van der Waals surface area contributed by atoms with Crippen LogP contribution < -0.4 is 4.90 Å². The number of hydrogen-bond donors (Lipinski definition) is 1. The molecule has 0 unspecified atom stereocenters. The van der Waals surface area contributed by atoms with Crippen LogP contribution in [0.1, 0.15) is 30.9 Å². The molecule has 1 fully saturated rings. The van der Waals surface area contributed by atoms with Gasteiger partial charge in [0.2, 0.25) is 5.91 Å². The molecule has 164 valence electrons.